The number of aryl methyl sites for hydroxylation is 1. The molecule has 0 aliphatic heterocycles. The molecule has 2 rings (SSSR count). The van der Waals surface area contributed by atoms with Crippen molar-refractivity contribution < 1.29 is 0 Å². The molecular weight excluding hydrogens is 323 g/mol. The Morgan fingerprint density at radius 3 is 2.58 bits per heavy atom. The van der Waals surface area contributed by atoms with E-state index < -0.39 is 0 Å². The number of benzene rings is 1. The quantitative estimate of drug-likeness (QED) is 0.771. The van der Waals surface area contributed by atoms with E-state index in [1.807, 2.05) is 12.3 Å². The Bertz CT molecular complexity index is 583. The maximum absolute atomic E-state index is 6.16. The number of halogens is 3. The lowest BCUT2D eigenvalue weighted by Crippen LogP contribution is -2.18. The first-order valence-corrected chi connectivity index (χ1v) is 7.78. The van der Waals surface area contributed by atoms with Gasteiger partial charge in [0.15, 0.2) is 0 Å². The van der Waals surface area contributed by atoms with Crippen molar-refractivity contribution in [3.63, 3.8) is 0 Å². The number of rotatable bonds is 4. The molecule has 1 unspecified atom stereocenters. The zero-order chi connectivity index (χ0) is 14.0. The lowest BCUT2D eigenvalue weighted by Gasteiger charge is -2.14. The second-order valence-electron chi connectivity index (χ2n) is 4.25. The molecular formula is C13H13Cl3N2S. The average Bonchev–Trinajstić information content (AvgIpc) is 2.80. The van der Waals surface area contributed by atoms with E-state index in [1.54, 1.807) is 23.5 Å². The minimum Gasteiger partial charge on any atom is -0.304 e. The molecule has 0 amide bonds. The first-order chi connectivity index (χ1) is 8.99. The van der Waals surface area contributed by atoms with Crippen LogP contribution in [-0.2, 0) is 6.54 Å². The third kappa shape index (κ3) is 3.61. The number of nitrogens with one attached hydrogen (secondary N) is 1. The summed E-state index contributed by atoms with van der Waals surface area (Å²) in [4.78, 5) is 4.45. The summed E-state index contributed by atoms with van der Waals surface area (Å²) in [6.45, 7) is 4.60. The zero-order valence-electron chi connectivity index (χ0n) is 10.5. The number of thiazole rings is 1. The fraction of sp³-hybridized carbons (Fsp3) is 0.308. The highest BCUT2D eigenvalue weighted by atomic mass is 35.5. The fourth-order valence-electron chi connectivity index (χ4n) is 1.64. The highest BCUT2D eigenvalue weighted by Crippen LogP contribution is 2.31. The lowest BCUT2D eigenvalue weighted by molar-refractivity contribution is 0.571. The van der Waals surface area contributed by atoms with Crippen LogP contribution >= 0.6 is 46.1 Å². The van der Waals surface area contributed by atoms with Crippen LogP contribution in [0, 0.1) is 6.92 Å². The van der Waals surface area contributed by atoms with Gasteiger partial charge < -0.3 is 5.32 Å². The molecule has 1 heterocycles. The third-order valence-electron chi connectivity index (χ3n) is 2.73. The number of aromatic nitrogens is 1. The van der Waals surface area contributed by atoms with Crippen LogP contribution < -0.4 is 5.32 Å². The summed E-state index contributed by atoms with van der Waals surface area (Å²) in [5.41, 5.74) is 1.85. The predicted octanol–water partition coefficient (Wildman–Crippen LogP) is 5.26. The molecule has 19 heavy (non-hydrogen) atoms. The Hall–Kier alpha value is -0.320. The van der Waals surface area contributed by atoms with Gasteiger partial charge in [0.1, 0.15) is 5.01 Å². The van der Waals surface area contributed by atoms with E-state index in [9.17, 15) is 0 Å². The summed E-state index contributed by atoms with van der Waals surface area (Å²) < 4.78 is 0. The van der Waals surface area contributed by atoms with Gasteiger partial charge >= 0.3 is 0 Å². The molecule has 2 aromatic rings. The van der Waals surface area contributed by atoms with E-state index in [2.05, 4.69) is 17.2 Å². The smallest absolute Gasteiger partial charge is 0.110 e. The van der Waals surface area contributed by atoms with Crippen molar-refractivity contribution in [3.05, 3.63) is 48.8 Å². The standard InChI is InChI=1S/C13H13Cl3N2S/c1-7-6-19-13(18-7)8(2)17-5-9-10(14)3-4-11(15)12(9)16/h3-4,6,8,17H,5H2,1-2H3. The van der Waals surface area contributed by atoms with Gasteiger partial charge in [-0.2, -0.15) is 0 Å². The Labute approximate surface area is 131 Å². The van der Waals surface area contributed by atoms with Gasteiger partial charge in [-0.1, -0.05) is 34.8 Å². The molecule has 6 heteroatoms. The van der Waals surface area contributed by atoms with E-state index >= 15 is 0 Å². The van der Waals surface area contributed by atoms with Crippen molar-refractivity contribution in [3.8, 4) is 0 Å². The SMILES string of the molecule is Cc1csc(C(C)NCc2c(Cl)ccc(Cl)c2Cl)n1. The Kier molecular flexibility index (Phi) is 5.09. The van der Waals surface area contributed by atoms with E-state index in [0.717, 1.165) is 16.3 Å². The third-order valence-corrected chi connectivity index (χ3v) is 5.07. The number of hydrogen-bond acceptors (Lipinski definition) is 3. The van der Waals surface area contributed by atoms with Gasteiger partial charge in [-0.05, 0) is 26.0 Å². The van der Waals surface area contributed by atoms with Crippen LogP contribution in [-0.4, -0.2) is 4.98 Å². The minimum absolute atomic E-state index is 0.143. The average molecular weight is 336 g/mol. The normalized spacial score (nSPS) is 12.7. The molecule has 1 atom stereocenters. The van der Waals surface area contributed by atoms with Crippen LogP contribution in [0.25, 0.3) is 0 Å². The van der Waals surface area contributed by atoms with Crippen molar-refractivity contribution >= 4 is 46.1 Å². The topological polar surface area (TPSA) is 24.9 Å². The van der Waals surface area contributed by atoms with Crippen molar-refractivity contribution in [2.75, 3.05) is 0 Å². The summed E-state index contributed by atoms with van der Waals surface area (Å²) in [6.07, 6.45) is 0. The Morgan fingerprint density at radius 2 is 1.95 bits per heavy atom. The van der Waals surface area contributed by atoms with Crippen molar-refractivity contribution in [2.24, 2.45) is 0 Å². The molecule has 1 N–H and O–H groups in total. The largest absolute Gasteiger partial charge is 0.304 e. The number of hydrogen-bond donors (Lipinski definition) is 1. The van der Waals surface area contributed by atoms with E-state index in [4.69, 9.17) is 34.8 Å². The van der Waals surface area contributed by atoms with E-state index in [-0.39, 0.29) is 6.04 Å². The molecule has 0 spiro atoms. The predicted molar refractivity (Wildman–Crippen MR) is 83.6 cm³/mol. The van der Waals surface area contributed by atoms with Gasteiger partial charge in [0, 0.05) is 28.2 Å². The minimum atomic E-state index is 0.143. The van der Waals surface area contributed by atoms with Gasteiger partial charge in [-0.15, -0.1) is 11.3 Å². The summed E-state index contributed by atoms with van der Waals surface area (Å²) in [6, 6.07) is 3.60. The maximum Gasteiger partial charge on any atom is 0.110 e. The second kappa shape index (κ2) is 6.42. The first-order valence-electron chi connectivity index (χ1n) is 5.77. The van der Waals surface area contributed by atoms with Gasteiger partial charge in [-0.25, -0.2) is 4.98 Å². The van der Waals surface area contributed by atoms with Crippen molar-refractivity contribution in [2.45, 2.75) is 26.4 Å². The Balaban J connectivity index is 2.09. The fourth-order valence-corrected chi connectivity index (χ4v) is 3.15. The second-order valence-corrected chi connectivity index (χ2v) is 6.33. The summed E-state index contributed by atoms with van der Waals surface area (Å²) in [7, 11) is 0. The van der Waals surface area contributed by atoms with Crippen LogP contribution in [0.5, 0.6) is 0 Å². The molecule has 0 fully saturated rings. The molecule has 0 aliphatic rings. The van der Waals surface area contributed by atoms with Gasteiger partial charge in [0.2, 0.25) is 0 Å². The molecule has 0 bridgehead atoms. The van der Waals surface area contributed by atoms with E-state index in [0.29, 0.717) is 21.6 Å². The van der Waals surface area contributed by atoms with Crippen LogP contribution in [0.3, 0.4) is 0 Å². The summed E-state index contributed by atoms with van der Waals surface area (Å²) in [5, 5.41) is 8.07. The molecule has 0 aliphatic carbocycles. The van der Waals surface area contributed by atoms with Crippen LogP contribution in [0.1, 0.15) is 29.2 Å². The highest BCUT2D eigenvalue weighted by molar-refractivity contribution is 7.09. The first kappa shape index (κ1) is 15.1. The molecule has 0 radical (unpaired) electrons. The highest BCUT2D eigenvalue weighted by Gasteiger charge is 2.13. The molecule has 102 valence electrons. The molecule has 0 saturated heterocycles. The van der Waals surface area contributed by atoms with Gasteiger partial charge in [-0.3, -0.25) is 0 Å². The van der Waals surface area contributed by atoms with Gasteiger partial charge in [0.25, 0.3) is 0 Å². The lowest BCUT2D eigenvalue weighted by atomic mass is 10.2. The molecule has 1 aromatic heterocycles. The molecule has 1 aromatic carbocycles. The van der Waals surface area contributed by atoms with Crippen LogP contribution in [0.2, 0.25) is 15.1 Å². The van der Waals surface area contributed by atoms with E-state index in [1.165, 1.54) is 0 Å². The summed E-state index contributed by atoms with van der Waals surface area (Å²) >= 11 is 19.9. The van der Waals surface area contributed by atoms with Crippen LogP contribution in [0.4, 0.5) is 0 Å². The van der Waals surface area contributed by atoms with Crippen molar-refractivity contribution in [1.29, 1.82) is 0 Å². The molecule has 0 saturated carbocycles. The van der Waals surface area contributed by atoms with Crippen LogP contribution in [0.15, 0.2) is 17.5 Å². The maximum atomic E-state index is 6.16. The zero-order valence-corrected chi connectivity index (χ0v) is 13.6. The monoisotopic (exact) mass is 334 g/mol. The number of nitrogens with zero attached hydrogens (tertiary/aromatic N) is 1. The Morgan fingerprint density at radius 1 is 1.26 bits per heavy atom. The van der Waals surface area contributed by atoms with Gasteiger partial charge in [0.05, 0.1) is 16.1 Å². The molecule has 2 nitrogen and oxygen atoms in total. The summed E-state index contributed by atoms with van der Waals surface area (Å²) in [5.74, 6) is 0. The van der Waals surface area contributed by atoms with Crippen molar-refractivity contribution in [1.82, 2.24) is 10.3 Å².